The Hall–Kier alpha value is -0.370. The van der Waals surface area contributed by atoms with Gasteiger partial charge in [0, 0.05) is 5.92 Å². The molecular formula is C22H34O2. The molecule has 0 aromatic heterocycles. The zero-order valence-electron chi connectivity index (χ0n) is 15.6. The Bertz CT molecular complexity index is 566. The van der Waals surface area contributed by atoms with Crippen molar-refractivity contribution in [3.05, 3.63) is 0 Å². The molecule has 5 rings (SSSR count). The van der Waals surface area contributed by atoms with E-state index in [1.54, 1.807) is 0 Å². The monoisotopic (exact) mass is 330 g/mol. The van der Waals surface area contributed by atoms with Crippen molar-refractivity contribution in [1.29, 1.82) is 0 Å². The maximum atomic E-state index is 12.4. The average molecular weight is 331 g/mol. The third-order valence-corrected chi connectivity index (χ3v) is 9.46. The lowest BCUT2D eigenvalue weighted by atomic mass is 9.48. The van der Waals surface area contributed by atoms with E-state index in [1.807, 2.05) is 6.92 Å². The van der Waals surface area contributed by atoms with Gasteiger partial charge in [-0.1, -0.05) is 6.92 Å². The van der Waals surface area contributed by atoms with Crippen LogP contribution in [0.5, 0.6) is 0 Å². The van der Waals surface area contributed by atoms with Crippen LogP contribution in [0.2, 0.25) is 0 Å². The summed E-state index contributed by atoms with van der Waals surface area (Å²) in [4.78, 5) is 12.4. The van der Waals surface area contributed by atoms with E-state index in [-0.39, 0.29) is 0 Å². The van der Waals surface area contributed by atoms with Crippen molar-refractivity contribution in [2.75, 3.05) is 0 Å². The summed E-state index contributed by atoms with van der Waals surface area (Å²) in [7, 11) is 0. The van der Waals surface area contributed by atoms with Crippen molar-refractivity contribution in [1.82, 2.24) is 0 Å². The van der Waals surface area contributed by atoms with Crippen LogP contribution in [0.4, 0.5) is 0 Å². The van der Waals surface area contributed by atoms with E-state index in [1.165, 1.54) is 38.5 Å². The first-order chi connectivity index (χ1) is 11.3. The first kappa shape index (κ1) is 15.9. The minimum Gasteiger partial charge on any atom is -0.390 e. The van der Waals surface area contributed by atoms with Crippen molar-refractivity contribution in [3.63, 3.8) is 0 Å². The van der Waals surface area contributed by atoms with Crippen molar-refractivity contribution in [2.45, 2.75) is 77.7 Å². The van der Waals surface area contributed by atoms with Gasteiger partial charge in [0.1, 0.15) is 5.78 Å². The highest BCUT2D eigenvalue weighted by Gasteiger charge is 2.70. The summed E-state index contributed by atoms with van der Waals surface area (Å²) in [6.07, 6.45) is 9.96. The highest BCUT2D eigenvalue weighted by Crippen LogP contribution is 2.74. The van der Waals surface area contributed by atoms with E-state index in [0.29, 0.717) is 17.1 Å². The van der Waals surface area contributed by atoms with Gasteiger partial charge in [0.05, 0.1) is 5.60 Å². The van der Waals surface area contributed by atoms with Gasteiger partial charge in [-0.15, -0.1) is 0 Å². The summed E-state index contributed by atoms with van der Waals surface area (Å²) in [5.74, 6) is 6.70. The molecule has 5 aliphatic carbocycles. The van der Waals surface area contributed by atoms with Crippen LogP contribution in [0.1, 0.15) is 72.1 Å². The van der Waals surface area contributed by atoms with Gasteiger partial charge in [-0.3, -0.25) is 4.79 Å². The number of hydrogen-bond donors (Lipinski definition) is 1. The van der Waals surface area contributed by atoms with Gasteiger partial charge >= 0.3 is 0 Å². The maximum absolute atomic E-state index is 12.4. The molecule has 0 spiro atoms. The van der Waals surface area contributed by atoms with Crippen molar-refractivity contribution in [3.8, 4) is 0 Å². The molecule has 0 aromatic rings. The van der Waals surface area contributed by atoms with Gasteiger partial charge in [0.2, 0.25) is 0 Å². The van der Waals surface area contributed by atoms with Crippen LogP contribution in [0.25, 0.3) is 0 Å². The predicted molar refractivity (Wildman–Crippen MR) is 94.3 cm³/mol. The fraction of sp³-hybridized carbons (Fsp3) is 0.955. The third kappa shape index (κ3) is 2.01. The largest absolute Gasteiger partial charge is 0.390 e. The molecule has 1 N–H and O–H groups in total. The van der Waals surface area contributed by atoms with E-state index in [2.05, 4.69) is 13.8 Å². The molecule has 24 heavy (non-hydrogen) atoms. The Labute approximate surface area is 146 Å². The number of aliphatic hydroxyl groups is 1. The minimum absolute atomic E-state index is 0.313. The SMILES string of the molecule is CC(=O)[C@H]1C2CC2[C@H]2[C@@H]3CC[C@@H]4C[C@](C)(O)CC[C@@H]4[C@H]3CC[C@]12C. The summed E-state index contributed by atoms with van der Waals surface area (Å²) < 4.78 is 0. The lowest BCUT2D eigenvalue weighted by molar-refractivity contribution is -0.134. The van der Waals surface area contributed by atoms with Crippen LogP contribution in [-0.2, 0) is 4.79 Å². The lowest BCUT2D eigenvalue weighted by Gasteiger charge is -2.57. The van der Waals surface area contributed by atoms with Crippen LogP contribution in [-0.4, -0.2) is 16.5 Å². The number of fused-ring (bicyclic) bond motifs is 7. The van der Waals surface area contributed by atoms with Crippen LogP contribution in [0.3, 0.4) is 0 Å². The molecule has 5 saturated carbocycles. The molecule has 5 fully saturated rings. The average Bonchev–Trinajstić information content (AvgIpc) is 3.19. The Morgan fingerprint density at radius 1 is 0.917 bits per heavy atom. The highest BCUT2D eigenvalue weighted by molar-refractivity contribution is 5.80. The fourth-order valence-electron chi connectivity index (χ4n) is 8.81. The summed E-state index contributed by atoms with van der Waals surface area (Å²) >= 11 is 0. The summed E-state index contributed by atoms with van der Waals surface area (Å²) in [5, 5.41) is 10.5. The van der Waals surface area contributed by atoms with Gasteiger partial charge in [0.25, 0.3) is 0 Å². The highest BCUT2D eigenvalue weighted by atomic mass is 16.3. The molecule has 0 aromatic carbocycles. The van der Waals surface area contributed by atoms with E-state index in [0.717, 1.165) is 54.3 Å². The molecule has 10 atom stereocenters. The minimum atomic E-state index is -0.411. The van der Waals surface area contributed by atoms with Crippen LogP contribution >= 0.6 is 0 Å². The summed E-state index contributed by atoms with van der Waals surface area (Å²) in [6.45, 7) is 6.39. The molecular weight excluding hydrogens is 296 g/mol. The Balaban J connectivity index is 1.43. The van der Waals surface area contributed by atoms with Crippen molar-refractivity contribution in [2.24, 2.45) is 52.8 Å². The Morgan fingerprint density at radius 3 is 2.42 bits per heavy atom. The first-order valence-corrected chi connectivity index (χ1v) is 10.5. The second kappa shape index (κ2) is 4.87. The second-order valence-corrected chi connectivity index (χ2v) is 10.8. The Morgan fingerprint density at radius 2 is 1.67 bits per heavy atom. The van der Waals surface area contributed by atoms with E-state index in [4.69, 9.17) is 0 Å². The van der Waals surface area contributed by atoms with Crippen molar-refractivity contribution < 1.29 is 9.90 Å². The fourth-order valence-corrected chi connectivity index (χ4v) is 8.81. The van der Waals surface area contributed by atoms with Crippen LogP contribution in [0, 0.1) is 52.8 Å². The molecule has 0 amide bonds. The molecule has 0 bridgehead atoms. The predicted octanol–water partition coefficient (Wildman–Crippen LogP) is 4.45. The second-order valence-electron chi connectivity index (χ2n) is 10.8. The first-order valence-electron chi connectivity index (χ1n) is 10.5. The number of carbonyl (C=O) groups excluding carboxylic acids is 1. The van der Waals surface area contributed by atoms with Gasteiger partial charge < -0.3 is 5.11 Å². The quantitative estimate of drug-likeness (QED) is 0.771. The molecule has 2 nitrogen and oxygen atoms in total. The number of rotatable bonds is 1. The number of ketones is 1. The van der Waals surface area contributed by atoms with E-state index < -0.39 is 5.60 Å². The molecule has 0 heterocycles. The van der Waals surface area contributed by atoms with Gasteiger partial charge in [-0.05, 0) is 112 Å². The molecule has 2 heteroatoms. The number of Topliss-reactive ketones (excluding diaryl/α,β-unsaturated/α-hetero) is 1. The van der Waals surface area contributed by atoms with Gasteiger partial charge in [-0.25, -0.2) is 0 Å². The summed E-state index contributed by atoms with van der Waals surface area (Å²) in [6, 6.07) is 0. The topological polar surface area (TPSA) is 37.3 Å². The van der Waals surface area contributed by atoms with Crippen LogP contribution in [0.15, 0.2) is 0 Å². The standard InChI is InChI=1S/C22H34O2/c1-12(23)19-17-10-18(17)20-16-5-4-13-11-21(2,24)8-6-14(13)15(16)7-9-22(19,20)3/h13-20,24H,4-11H2,1-3H3/t13-,14+,15-,16-,17?,18?,19+,20-,21-,22-/m1/s1. The molecule has 2 unspecified atom stereocenters. The molecule has 134 valence electrons. The molecule has 0 aliphatic heterocycles. The normalized spacial score (nSPS) is 61.3. The smallest absolute Gasteiger partial charge is 0.133 e. The van der Waals surface area contributed by atoms with Gasteiger partial charge in [-0.2, -0.15) is 0 Å². The zero-order valence-corrected chi connectivity index (χ0v) is 15.6. The van der Waals surface area contributed by atoms with E-state index >= 15 is 0 Å². The maximum Gasteiger partial charge on any atom is 0.133 e. The number of carbonyl (C=O) groups is 1. The van der Waals surface area contributed by atoms with Crippen LogP contribution < -0.4 is 0 Å². The van der Waals surface area contributed by atoms with E-state index in [9.17, 15) is 9.90 Å². The summed E-state index contributed by atoms with van der Waals surface area (Å²) in [5.41, 5.74) is -0.0978. The van der Waals surface area contributed by atoms with Gasteiger partial charge in [0.15, 0.2) is 0 Å². The lowest BCUT2D eigenvalue weighted by Crippen LogP contribution is -2.52. The van der Waals surface area contributed by atoms with Crippen molar-refractivity contribution >= 4 is 5.78 Å². The molecule has 0 saturated heterocycles. The zero-order chi connectivity index (χ0) is 16.9. The Kier molecular flexibility index (Phi) is 3.22. The molecule has 0 radical (unpaired) electrons. The third-order valence-electron chi connectivity index (χ3n) is 9.46. The molecule has 5 aliphatic rings. The number of hydrogen-bond acceptors (Lipinski definition) is 2.